The van der Waals surface area contributed by atoms with E-state index >= 15 is 0 Å². The number of aryl methyl sites for hydroxylation is 2. The first-order valence-electron chi connectivity index (χ1n) is 9.82. The van der Waals surface area contributed by atoms with E-state index in [0.717, 1.165) is 16.6 Å². The van der Waals surface area contributed by atoms with Crippen LogP contribution in [0, 0.1) is 12.8 Å². The maximum Gasteiger partial charge on any atom is 0.308 e. The van der Waals surface area contributed by atoms with Crippen LogP contribution in [-0.4, -0.2) is 49.2 Å². The van der Waals surface area contributed by atoms with Crippen molar-refractivity contribution in [3.8, 4) is 11.3 Å². The fourth-order valence-electron chi connectivity index (χ4n) is 4.28. The van der Waals surface area contributed by atoms with Gasteiger partial charge in [-0.05, 0) is 32.8 Å². The number of fused-ring (bicyclic) bond motifs is 1. The van der Waals surface area contributed by atoms with Gasteiger partial charge in [-0.1, -0.05) is 30.3 Å². The van der Waals surface area contributed by atoms with Crippen LogP contribution in [0.15, 0.2) is 36.4 Å². The van der Waals surface area contributed by atoms with Gasteiger partial charge in [0.05, 0.1) is 28.3 Å². The molecule has 3 aromatic rings. The first-order chi connectivity index (χ1) is 13.9. The highest BCUT2D eigenvalue weighted by atomic mass is 16.4. The zero-order chi connectivity index (χ0) is 20.7. The minimum Gasteiger partial charge on any atom is -0.481 e. The Labute approximate surface area is 169 Å². The number of rotatable bonds is 3. The molecular formula is C22H24N4O3. The van der Waals surface area contributed by atoms with Crippen molar-refractivity contribution in [2.45, 2.75) is 32.7 Å². The first kappa shape index (κ1) is 19.1. The second-order valence-corrected chi connectivity index (χ2v) is 7.65. The number of hydrogen-bond donors (Lipinski definition) is 1. The number of carboxylic acid groups (broad SMARTS) is 1. The van der Waals surface area contributed by atoms with Gasteiger partial charge in [0, 0.05) is 25.2 Å². The van der Waals surface area contributed by atoms with Crippen LogP contribution in [0.1, 0.15) is 35.8 Å². The van der Waals surface area contributed by atoms with Crippen molar-refractivity contribution < 1.29 is 14.7 Å². The van der Waals surface area contributed by atoms with Gasteiger partial charge in [-0.2, -0.15) is 5.10 Å². The summed E-state index contributed by atoms with van der Waals surface area (Å²) in [5, 5.41) is 14.7. The zero-order valence-electron chi connectivity index (χ0n) is 16.8. The molecule has 2 atom stereocenters. The van der Waals surface area contributed by atoms with Crippen molar-refractivity contribution in [1.29, 1.82) is 0 Å². The average molecular weight is 392 g/mol. The SMILES string of the molecule is Cc1nn(C)c2nc(-c3ccccc3)cc(C(=O)N3CCC[C@@H](C(=O)O)[C@H]3C)c12. The van der Waals surface area contributed by atoms with Gasteiger partial charge >= 0.3 is 5.97 Å². The smallest absolute Gasteiger partial charge is 0.308 e. The molecule has 1 N–H and O–H groups in total. The van der Waals surface area contributed by atoms with Gasteiger partial charge in [0.1, 0.15) is 0 Å². The van der Waals surface area contributed by atoms with Gasteiger partial charge in [-0.3, -0.25) is 14.3 Å². The van der Waals surface area contributed by atoms with Crippen LogP contribution < -0.4 is 0 Å². The van der Waals surface area contributed by atoms with Gasteiger partial charge in [0.25, 0.3) is 5.91 Å². The number of aromatic nitrogens is 3. The van der Waals surface area contributed by atoms with Crippen molar-refractivity contribution >= 4 is 22.9 Å². The van der Waals surface area contributed by atoms with Crippen molar-refractivity contribution in [3.05, 3.63) is 47.7 Å². The third-order valence-electron chi connectivity index (χ3n) is 5.83. The van der Waals surface area contributed by atoms with Gasteiger partial charge in [0.2, 0.25) is 0 Å². The number of piperidine rings is 1. The lowest BCUT2D eigenvalue weighted by Crippen LogP contribution is -2.49. The molecule has 0 unspecified atom stereocenters. The Hall–Kier alpha value is -3.22. The molecule has 7 heteroatoms. The lowest BCUT2D eigenvalue weighted by atomic mass is 9.89. The third kappa shape index (κ3) is 3.26. The normalized spacial score (nSPS) is 19.5. The van der Waals surface area contributed by atoms with E-state index in [1.807, 2.05) is 57.3 Å². The summed E-state index contributed by atoms with van der Waals surface area (Å²) in [5.74, 6) is -1.56. The highest BCUT2D eigenvalue weighted by Crippen LogP contribution is 2.31. The Kier molecular flexibility index (Phi) is 4.82. The average Bonchev–Trinajstić information content (AvgIpc) is 3.01. The monoisotopic (exact) mass is 392 g/mol. The summed E-state index contributed by atoms with van der Waals surface area (Å²) in [5.41, 5.74) is 3.52. The maximum atomic E-state index is 13.6. The molecular weight excluding hydrogens is 368 g/mol. The van der Waals surface area contributed by atoms with Gasteiger partial charge in [-0.15, -0.1) is 0 Å². The fourth-order valence-corrected chi connectivity index (χ4v) is 4.28. The second-order valence-electron chi connectivity index (χ2n) is 7.65. The molecule has 2 aromatic heterocycles. The topological polar surface area (TPSA) is 88.3 Å². The standard InChI is InChI=1S/C22H24N4O3/c1-13-19-17(21(27)26-11-7-10-16(14(26)2)22(28)29)12-18(15-8-5-4-6-9-15)23-20(19)25(3)24-13/h4-6,8-9,12,14,16H,7,10-11H2,1-3H3,(H,28,29)/t14-,16-/m1/s1. The predicted molar refractivity (Wildman–Crippen MR) is 110 cm³/mol. The summed E-state index contributed by atoms with van der Waals surface area (Å²) in [6.45, 7) is 4.23. The van der Waals surface area contributed by atoms with E-state index < -0.39 is 11.9 Å². The highest BCUT2D eigenvalue weighted by Gasteiger charge is 2.36. The first-order valence-corrected chi connectivity index (χ1v) is 9.82. The lowest BCUT2D eigenvalue weighted by molar-refractivity contribution is -0.144. The molecule has 29 heavy (non-hydrogen) atoms. The quantitative estimate of drug-likeness (QED) is 0.739. The van der Waals surface area contributed by atoms with E-state index in [1.165, 1.54) is 0 Å². The Morgan fingerprint density at radius 1 is 1.21 bits per heavy atom. The molecule has 1 aliphatic rings. The minimum atomic E-state index is -0.850. The maximum absolute atomic E-state index is 13.6. The molecule has 0 aliphatic carbocycles. The Bertz CT molecular complexity index is 1090. The molecule has 1 aliphatic heterocycles. The van der Waals surface area contributed by atoms with Crippen molar-refractivity contribution in [2.75, 3.05) is 6.54 Å². The molecule has 150 valence electrons. The number of benzene rings is 1. The second kappa shape index (κ2) is 7.31. The summed E-state index contributed by atoms with van der Waals surface area (Å²) < 4.78 is 1.69. The number of pyridine rings is 1. The molecule has 1 amide bonds. The minimum absolute atomic E-state index is 0.163. The van der Waals surface area contributed by atoms with E-state index in [9.17, 15) is 14.7 Å². The summed E-state index contributed by atoms with van der Waals surface area (Å²) >= 11 is 0. The summed E-state index contributed by atoms with van der Waals surface area (Å²) in [6.07, 6.45) is 1.27. The van der Waals surface area contributed by atoms with Crippen LogP contribution in [0.4, 0.5) is 0 Å². The highest BCUT2D eigenvalue weighted by molar-refractivity contribution is 6.07. The Balaban J connectivity index is 1.86. The van der Waals surface area contributed by atoms with E-state index in [1.54, 1.807) is 9.58 Å². The van der Waals surface area contributed by atoms with Gasteiger partial charge in [-0.25, -0.2) is 4.98 Å². The van der Waals surface area contributed by atoms with Crippen LogP contribution in [-0.2, 0) is 11.8 Å². The van der Waals surface area contributed by atoms with Crippen LogP contribution in [0.5, 0.6) is 0 Å². The molecule has 3 heterocycles. The third-order valence-corrected chi connectivity index (χ3v) is 5.83. The van der Waals surface area contributed by atoms with Crippen LogP contribution in [0.3, 0.4) is 0 Å². The number of carboxylic acids is 1. The molecule has 0 saturated carbocycles. The molecule has 1 aromatic carbocycles. The molecule has 7 nitrogen and oxygen atoms in total. The van der Waals surface area contributed by atoms with Crippen molar-refractivity contribution in [3.63, 3.8) is 0 Å². The number of carbonyl (C=O) groups is 2. The van der Waals surface area contributed by atoms with Crippen molar-refractivity contribution in [2.24, 2.45) is 13.0 Å². The fraction of sp³-hybridized carbons (Fsp3) is 0.364. The van der Waals surface area contributed by atoms with Crippen LogP contribution in [0.2, 0.25) is 0 Å². The van der Waals surface area contributed by atoms with E-state index in [2.05, 4.69) is 5.10 Å². The number of aliphatic carboxylic acids is 1. The number of carbonyl (C=O) groups excluding carboxylic acids is 1. The number of nitrogens with zero attached hydrogens (tertiary/aromatic N) is 4. The molecule has 0 radical (unpaired) electrons. The molecule has 0 spiro atoms. The van der Waals surface area contributed by atoms with Crippen LogP contribution in [0.25, 0.3) is 22.3 Å². The lowest BCUT2D eigenvalue weighted by Gasteiger charge is -2.37. The molecule has 1 fully saturated rings. The Morgan fingerprint density at radius 3 is 2.62 bits per heavy atom. The molecule has 4 rings (SSSR count). The van der Waals surface area contributed by atoms with Crippen LogP contribution >= 0.6 is 0 Å². The summed E-state index contributed by atoms with van der Waals surface area (Å²) in [6, 6.07) is 11.2. The van der Waals surface area contributed by atoms with E-state index in [-0.39, 0.29) is 11.9 Å². The molecule has 1 saturated heterocycles. The molecule has 0 bridgehead atoms. The summed E-state index contributed by atoms with van der Waals surface area (Å²) in [4.78, 5) is 31.7. The van der Waals surface area contributed by atoms with Gasteiger partial charge in [0.15, 0.2) is 5.65 Å². The van der Waals surface area contributed by atoms with E-state index in [4.69, 9.17) is 4.98 Å². The Morgan fingerprint density at radius 2 is 1.93 bits per heavy atom. The van der Waals surface area contributed by atoms with Gasteiger partial charge < -0.3 is 10.0 Å². The van der Waals surface area contributed by atoms with Crippen molar-refractivity contribution in [1.82, 2.24) is 19.7 Å². The number of hydrogen-bond acceptors (Lipinski definition) is 4. The summed E-state index contributed by atoms with van der Waals surface area (Å²) in [7, 11) is 1.81. The predicted octanol–water partition coefficient (Wildman–Crippen LogP) is 3.27. The largest absolute Gasteiger partial charge is 0.481 e. The number of amides is 1. The zero-order valence-corrected chi connectivity index (χ0v) is 16.8. The van der Waals surface area contributed by atoms with E-state index in [0.29, 0.717) is 36.3 Å². The number of likely N-dealkylation sites (tertiary alicyclic amines) is 1.